The van der Waals surface area contributed by atoms with Crippen LogP contribution in [-0.2, 0) is 20.0 Å². The molecule has 0 amide bonds. The topological polar surface area (TPSA) is 179 Å². The number of halogens is 1. The summed E-state index contributed by atoms with van der Waals surface area (Å²) in [5.74, 6) is 0.220. The first-order valence-electron chi connectivity index (χ1n) is 15.5. The van der Waals surface area contributed by atoms with Crippen LogP contribution in [0.4, 0.5) is 27.7 Å². The van der Waals surface area contributed by atoms with Crippen molar-refractivity contribution in [2.45, 2.75) is 30.6 Å². The summed E-state index contributed by atoms with van der Waals surface area (Å²) in [6.07, 6.45) is 0. The van der Waals surface area contributed by atoms with E-state index in [9.17, 15) is 21.2 Å². The highest BCUT2D eigenvalue weighted by Gasteiger charge is 2.19. The van der Waals surface area contributed by atoms with Gasteiger partial charge in [-0.15, -0.1) is 0 Å². The summed E-state index contributed by atoms with van der Waals surface area (Å²) in [5.41, 5.74) is 10.9. The van der Waals surface area contributed by atoms with Crippen LogP contribution in [0.25, 0.3) is 11.1 Å². The van der Waals surface area contributed by atoms with Crippen LogP contribution in [0.3, 0.4) is 0 Å². The molecule has 1 aromatic heterocycles. The minimum atomic E-state index is -3.61. The first kappa shape index (κ1) is 36.7. The lowest BCUT2D eigenvalue weighted by Gasteiger charge is -2.17. The summed E-state index contributed by atoms with van der Waals surface area (Å²) in [6.45, 7) is 5.33. The van der Waals surface area contributed by atoms with E-state index in [-0.39, 0.29) is 27.4 Å². The molecule has 51 heavy (non-hydrogen) atoms. The Morgan fingerprint density at radius 3 is 1.59 bits per heavy atom. The quantitative estimate of drug-likeness (QED) is 0.0737. The molecule has 0 fully saturated rings. The van der Waals surface area contributed by atoms with Crippen molar-refractivity contribution in [3.05, 3.63) is 120 Å². The van der Waals surface area contributed by atoms with Crippen LogP contribution >= 0.6 is 0 Å². The van der Waals surface area contributed by atoms with Gasteiger partial charge < -0.3 is 5.32 Å². The maximum atomic E-state index is 14.2. The van der Waals surface area contributed by atoms with Crippen molar-refractivity contribution >= 4 is 54.7 Å². The van der Waals surface area contributed by atoms with Gasteiger partial charge in [-0.2, -0.15) is 20.2 Å². The molecule has 0 saturated heterocycles. The number of rotatable bonds is 13. The van der Waals surface area contributed by atoms with E-state index in [4.69, 9.17) is 9.97 Å². The summed E-state index contributed by atoms with van der Waals surface area (Å²) in [6, 6.07) is 26.2. The number of anilines is 4. The maximum Gasteiger partial charge on any atom is 0.240 e. The Kier molecular flexibility index (Phi) is 11.2. The van der Waals surface area contributed by atoms with Crippen molar-refractivity contribution in [1.82, 2.24) is 19.4 Å². The van der Waals surface area contributed by atoms with E-state index in [1.165, 1.54) is 50.5 Å². The van der Waals surface area contributed by atoms with Gasteiger partial charge in [0.05, 0.1) is 26.8 Å². The van der Waals surface area contributed by atoms with Gasteiger partial charge >= 0.3 is 0 Å². The first-order chi connectivity index (χ1) is 24.3. The number of nitrogens with zero attached hydrogens (tertiary/aromatic N) is 4. The van der Waals surface area contributed by atoms with Crippen LogP contribution in [-0.4, -0.2) is 52.3 Å². The van der Waals surface area contributed by atoms with Crippen LogP contribution in [0.15, 0.2) is 117 Å². The normalized spacial score (nSPS) is 12.4. The third kappa shape index (κ3) is 8.79. The molecule has 5 rings (SSSR count). The van der Waals surface area contributed by atoms with Gasteiger partial charge in [0, 0.05) is 5.69 Å². The molecule has 0 aliphatic rings. The molecular weight excluding hydrogens is 694 g/mol. The number of sulfonamides is 2. The van der Waals surface area contributed by atoms with Crippen LogP contribution in [0.5, 0.6) is 0 Å². The summed E-state index contributed by atoms with van der Waals surface area (Å²) in [4.78, 5) is 9.68. The van der Waals surface area contributed by atoms with Crippen LogP contribution in [0.2, 0.25) is 0 Å². The molecule has 0 atom stereocenters. The molecule has 5 N–H and O–H groups in total. The minimum Gasteiger partial charge on any atom is -0.324 e. The molecule has 5 aromatic rings. The van der Waals surface area contributed by atoms with E-state index in [0.29, 0.717) is 33.8 Å². The first-order valence-corrected chi connectivity index (χ1v) is 18.5. The summed E-state index contributed by atoms with van der Waals surface area (Å²) in [5, 5.41) is 12.2. The number of hydrogen-bond acceptors (Lipinski definition) is 11. The molecule has 0 aliphatic heterocycles. The van der Waals surface area contributed by atoms with E-state index in [0.717, 1.165) is 11.1 Å². The molecule has 4 aromatic carbocycles. The van der Waals surface area contributed by atoms with Gasteiger partial charge in [0.1, 0.15) is 5.82 Å². The van der Waals surface area contributed by atoms with Crippen molar-refractivity contribution in [3.8, 4) is 11.1 Å². The second-order valence-electron chi connectivity index (χ2n) is 11.2. The van der Waals surface area contributed by atoms with Crippen molar-refractivity contribution in [2.75, 3.05) is 30.3 Å². The molecule has 13 nitrogen and oxygen atoms in total. The monoisotopic (exact) mass is 729 g/mol. The molecule has 264 valence electrons. The largest absolute Gasteiger partial charge is 0.324 e. The van der Waals surface area contributed by atoms with Gasteiger partial charge in [0.2, 0.25) is 26.0 Å². The number of aryl methyl sites for hydroxylation is 1. The number of benzene rings is 4. The second-order valence-corrected chi connectivity index (χ2v) is 14.9. The van der Waals surface area contributed by atoms with Crippen molar-refractivity contribution < 1.29 is 21.2 Å². The van der Waals surface area contributed by atoms with Crippen LogP contribution in [0.1, 0.15) is 30.5 Å². The molecule has 0 bridgehead atoms. The van der Waals surface area contributed by atoms with Crippen molar-refractivity contribution in [3.63, 3.8) is 0 Å². The Balaban J connectivity index is 1.58. The highest BCUT2D eigenvalue weighted by atomic mass is 32.2. The Hall–Kier alpha value is -5.55. The summed E-state index contributed by atoms with van der Waals surface area (Å²) >= 11 is 0. The smallest absolute Gasteiger partial charge is 0.240 e. The SMILES string of the molecule is CNS(=O)(=O)c1ccc(C(C)=NNc2nc(Nc3cc(F)ccc3C)nc(NN=C(C)c3ccc(S(=O)(=O)NC)cc3)c2-c2ccccc2)cc1. The zero-order valence-corrected chi connectivity index (χ0v) is 30.0. The fourth-order valence-corrected chi connectivity index (χ4v) is 6.26. The Labute approximate surface area is 296 Å². The molecule has 0 aliphatic carbocycles. The number of nitrogens with one attached hydrogen (secondary N) is 5. The predicted octanol–water partition coefficient (Wildman–Crippen LogP) is 5.82. The van der Waals surface area contributed by atoms with Crippen LogP contribution in [0, 0.1) is 12.7 Å². The third-order valence-electron chi connectivity index (χ3n) is 7.78. The van der Waals surface area contributed by atoms with E-state index >= 15 is 0 Å². The number of hydrogen-bond donors (Lipinski definition) is 5. The molecule has 0 saturated carbocycles. The van der Waals surface area contributed by atoms with E-state index in [1.54, 1.807) is 44.2 Å². The number of aromatic nitrogens is 2. The minimum absolute atomic E-state index is 0.109. The van der Waals surface area contributed by atoms with Gasteiger partial charge in [0.15, 0.2) is 11.6 Å². The lowest BCUT2D eigenvalue weighted by molar-refractivity contribution is 0.586. The Morgan fingerprint density at radius 2 is 1.14 bits per heavy atom. The third-order valence-corrected chi connectivity index (χ3v) is 10.6. The molecular formula is C35H36FN9O4S2. The lowest BCUT2D eigenvalue weighted by Crippen LogP contribution is -2.18. The van der Waals surface area contributed by atoms with Crippen molar-refractivity contribution in [2.24, 2.45) is 10.2 Å². The van der Waals surface area contributed by atoms with Gasteiger partial charge in [-0.1, -0.05) is 60.7 Å². The average Bonchev–Trinajstić information content (AvgIpc) is 3.14. The summed E-state index contributed by atoms with van der Waals surface area (Å²) in [7, 11) is -4.53. The predicted molar refractivity (Wildman–Crippen MR) is 199 cm³/mol. The van der Waals surface area contributed by atoms with E-state index < -0.39 is 25.9 Å². The highest BCUT2D eigenvalue weighted by molar-refractivity contribution is 7.89. The second kappa shape index (κ2) is 15.6. The van der Waals surface area contributed by atoms with Gasteiger partial charge in [-0.3, -0.25) is 10.9 Å². The number of hydrazone groups is 2. The fraction of sp³-hybridized carbons (Fsp3) is 0.143. The van der Waals surface area contributed by atoms with Gasteiger partial charge in [-0.05, 0) is 93.5 Å². The zero-order chi connectivity index (χ0) is 36.8. The molecule has 16 heteroatoms. The molecule has 0 spiro atoms. The van der Waals surface area contributed by atoms with Gasteiger partial charge in [-0.25, -0.2) is 30.7 Å². The fourth-order valence-electron chi connectivity index (χ4n) is 4.80. The highest BCUT2D eigenvalue weighted by Crippen LogP contribution is 2.35. The summed E-state index contributed by atoms with van der Waals surface area (Å²) < 4.78 is 67.6. The molecule has 0 unspecified atom stereocenters. The van der Waals surface area contributed by atoms with Gasteiger partial charge in [0.25, 0.3) is 0 Å². The zero-order valence-electron chi connectivity index (χ0n) is 28.4. The van der Waals surface area contributed by atoms with E-state index in [2.05, 4.69) is 35.8 Å². The molecule has 0 radical (unpaired) electrons. The average molecular weight is 730 g/mol. The molecule has 1 heterocycles. The Morgan fingerprint density at radius 1 is 0.667 bits per heavy atom. The van der Waals surface area contributed by atoms with Crippen LogP contribution < -0.4 is 25.6 Å². The lowest BCUT2D eigenvalue weighted by atomic mass is 10.1. The van der Waals surface area contributed by atoms with E-state index in [1.807, 2.05) is 37.3 Å². The maximum absolute atomic E-state index is 14.2. The standard InChI is InChI=1S/C35H36FN9O4S2/c1-22-11-16-28(36)21-31(22)39-35-40-33(44-42-23(2)25-12-17-29(18-13-25)50(46,47)37-4)32(27-9-7-6-8-10-27)34(41-35)45-43-24(3)26-14-19-30(20-15-26)51(48,49)38-5/h6-21,37-38H,1-5H3,(H3,39,40,41,44,45). The van der Waals surface area contributed by atoms with Crippen molar-refractivity contribution in [1.29, 1.82) is 0 Å². The Bertz CT molecular complexity index is 2200.